The molecule has 0 aromatic carbocycles. The van der Waals surface area contributed by atoms with Crippen molar-refractivity contribution in [1.82, 2.24) is 10.3 Å². The fourth-order valence-electron chi connectivity index (χ4n) is 0.793. The molecule has 0 atom stereocenters. The summed E-state index contributed by atoms with van der Waals surface area (Å²) in [7, 11) is 1.25. The lowest BCUT2D eigenvalue weighted by atomic mass is 10.5. The van der Waals surface area contributed by atoms with Gasteiger partial charge in [0, 0.05) is 0 Å². The predicted molar refractivity (Wildman–Crippen MR) is 56.0 cm³/mol. The summed E-state index contributed by atoms with van der Waals surface area (Å²) in [6.07, 6.45) is -1.14. The third-order valence-electron chi connectivity index (χ3n) is 1.40. The number of aromatic nitrogens is 1. The minimum absolute atomic E-state index is 0.0651. The molecule has 0 aliphatic carbocycles. The van der Waals surface area contributed by atoms with Crippen molar-refractivity contribution in [3.8, 4) is 0 Å². The Bertz CT molecular complexity index is 392. The summed E-state index contributed by atoms with van der Waals surface area (Å²) in [6.45, 7) is 0.0651. The molecule has 0 fully saturated rings. The van der Waals surface area contributed by atoms with Gasteiger partial charge in [-0.1, -0.05) is 0 Å². The molecule has 6 nitrogen and oxygen atoms in total. The molecule has 0 aliphatic heterocycles. The third-order valence-corrected chi connectivity index (χ3v) is 3.10. The van der Waals surface area contributed by atoms with Crippen LogP contribution in [0.2, 0.25) is 0 Å². The second kappa shape index (κ2) is 5.08. The number of rotatable bonds is 3. The van der Waals surface area contributed by atoms with Crippen LogP contribution in [0.15, 0.2) is 3.79 Å². The summed E-state index contributed by atoms with van der Waals surface area (Å²) in [6, 6.07) is 0. The lowest BCUT2D eigenvalue weighted by molar-refractivity contribution is 0.0593. The molecule has 15 heavy (non-hydrogen) atoms. The summed E-state index contributed by atoms with van der Waals surface area (Å²) in [5, 5.41) is 11.0. The van der Waals surface area contributed by atoms with Crippen molar-refractivity contribution < 1.29 is 19.4 Å². The topological polar surface area (TPSA) is 88.5 Å². The van der Waals surface area contributed by atoms with E-state index in [9.17, 15) is 9.59 Å². The third kappa shape index (κ3) is 3.17. The molecular formula is C7H7BrN2O4S. The van der Waals surface area contributed by atoms with Crippen molar-refractivity contribution in [3.63, 3.8) is 0 Å². The summed E-state index contributed by atoms with van der Waals surface area (Å²) < 4.78 is 5.02. The quantitative estimate of drug-likeness (QED) is 0.824. The molecule has 1 rings (SSSR count). The Morgan fingerprint density at radius 2 is 2.33 bits per heavy atom. The molecule has 0 saturated carbocycles. The van der Waals surface area contributed by atoms with Crippen LogP contribution < -0.4 is 5.32 Å². The van der Waals surface area contributed by atoms with Crippen LogP contribution in [0.4, 0.5) is 4.79 Å². The number of amides is 1. The number of hydrogen-bond donors (Lipinski definition) is 2. The van der Waals surface area contributed by atoms with E-state index < -0.39 is 12.1 Å². The minimum Gasteiger partial charge on any atom is -0.465 e. The van der Waals surface area contributed by atoms with Crippen LogP contribution >= 0.6 is 27.3 Å². The number of nitrogens with zero attached hydrogens (tertiary/aromatic N) is 1. The summed E-state index contributed by atoms with van der Waals surface area (Å²) in [4.78, 5) is 25.3. The first-order chi connectivity index (χ1) is 7.04. The molecule has 0 bridgehead atoms. The summed E-state index contributed by atoms with van der Waals surface area (Å²) in [5.74, 6) is -0.556. The standard InChI is InChI=1S/C7H7BrN2O4S/c1-14-6(11)4-5(8)15-3(10-4)2-9-7(12)13/h9H,2H2,1H3,(H,12,13). The van der Waals surface area contributed by atoms with Gasteiger partial charge in [0.2, 0.25) is 0 Å². The van der Waals surface area contributed by atoms with Gasteiger partial charge < -0.3 is 15.2 Å². The van der Waals surface area contributed by atoms with Gasteiger partial charge in [0.15, 0.2) is 5.69 Å². The lowest BCUT2D eigenvalue weighted by Crippen LogP contribution is -2.19. The van der Waals surface area contributed by atoms with E-state index in [1.807, 2.05) is 0 Å². The van der Waals surface area contributed by atoms with Crippen molar-refractivity contribution >= 4 is 39.3 Å². The number of hydrogen-bond acceptors (Lipinski definition) is 5. The van der Waals surface area contributed by atoms with Crippen molar-refractivity contribution in [1.29, 1.82) is 0 Å². The highest BCUT2D eigenvalue weighted by molar-refractivity contribution is 9.11. The largest absolute Gasteiger partial charge is 0.465 e. The zero-order valence-electron chi connectivity index (χ0n) is 7.61. The Kier molecular flexibility index (Phi) is 4.04. The SMILES string of the molecule is COC(=O)c1nc(CNC(=O)O)sc1Br. The van der Waals surface area contributed by atoms with Crippen LogP contribution in [0.3, 0.4) is 0 Å². The van der Waals surface area contributed by atoms with E-state index in [2.05, 4.69) is 31.0 Å². The van der Waals surface area contributed by atoms with Crippen molar-refractivity contribution in [3.05, 3.63) is 14.5 Å². The van der Waals surface area contributed by atoms with E-state index in [1.54, 1.807) is 0 Å². The van der Waals surface area contributed by atoms with E-state index in [0.717, 1.165) is 0 Å². The van der Waals surface area contributed by atoms with Gasteiger partial charge in [-0.05, 0) is 15.9 Å². The van der Waals surface area contributed by atoms with Gasteiger partial charge in [0.1, 0.15) is 8.79 Å². The normalized spacial score (nSPS) is 9.73. The first-order valence-electron chi connectivity index (χ1n) is 3.75. The second-order valence-corrected chi connectivity index (χ2v) is 4.78. The highest BCUT2D eigenvalue weighted by Gasteiger charge is 2.16. The van der Waals surface area contributed by atoms with E-state index in [1.165, 1.54) is 18.4 Å². The summed E-state index contributed by atoms with van der Waals surface area (Å²) >= 11 is 4.32. The second-order valence-electron chi connectivity index (χ2n) is 2.38. The fraction of sp³-hybridized carbons (Fsp3) is 0.286. The first kappa shape index (κ1) is 11.9. The maximum Gasteiger partial charge on any atom is 0.405 e. The van der Waals surface area contributed by atoms with Crippen LogP contribution in [-0.4, -0.2) is 29.3 Å². The average Bonchev–Trinajstić information content (AvgIpc) is 2.55. The number of esters is 1. The molecule has 1 aromatic heterocycles. The zero-order valence-corrected chi connectivity index (χ0v) is 10.0. The Hall–Kier alpha value is -1.15. The van der Waals surface area contributed by atoms with E-state index in [4.69, 9.17) is 5.11 Å². The number of carboxylic acid groups (broad SMARTS) is 1. The molecule has 2 N–H and O–H groups in total. The van der Waals surface area contributed by atoms with Gasteiger partial charge in [-0.15, -0.1) is 11.3 Å². The van der Waals surface area contributed by atoms with Crippen LogP contribution in [-0.2, 0) is 11.3 Å². The number of thiazole rings is 1. The van der Waals surface area contributed by atoms with Crippen LogP contribution in [0.5, 0.6) is 0 Å². The van der Waals surface area contributed by atoms with Gasteiger partial charge in [0.25, 0.3) is 0 Å². The van der Waals surface area contributed by atoms with Gasteiger partial charge >= 0.3 is 12.1 Å². The Morgan fingerprint density at radius 3 is 2.87 bits per heavy atom. The summed E-state index contributed by atoms with van der Waals surface area (Å²) in [5.41, 5.74) is 0.157. The Balaban J connectivity index is 2.76. The van der Waals surface area contributed by atoms with Crippen LogP contribution in [0, 0.1) is 0 Å². The molecule has 82 valence electrons. The maximum atomic E-state index is 11.1. The Morgan fingerprint density at radius 1 is 1.67 bits per heavy atom. The highest BCUT2D eigenvalue weighted by atomic mass is 79.9. The van der Waals surface area contributed by atoms with Gasteiger partial charge in [-0.3, -0.25) is 0 Å². The minimum atomic E-state index is -1.14. The predicted octanol–water partition coefficient (Wildman–Crippen LogP) is 1.46. The lowest BCUT2D eigenvalue weighted by Gasteiger charge is -1.95. The number of carbonyl (C=O) groups is 2. The van der Waals surface area contributed by atoms with Crippen molar-refractivity contribution in [2.45, 2.75) is 6.54 Å². The molecule has 0 aliphatic rings. The molecule has 8 heteroatoms. The molecule has 0 spiro atoms. The average molecular weight is 295 g/mol. The molecule has 0 unspecified atom stereocenters. The number of ether oxygens (including phenoxy) is 1. The van der Waals surface area contributed by atoms with E-state index in [-0.39, 0.29) is 12.2 Å². The molecule has 1 aromatic rings. The molecule has 1 amide bonds. The highest BCUT2D eigenvalue weighted by Crippen LogP contribution is 2.25. The fourth-order valence-corrected chi connectivity index (χ4v) is 2.32. The monoisotopic (exact) mass is 294 g/mol. The number of nitrogens with one attached hydrogen (secondary N) is 1. The Labute approximate surface area is 97.4 Å². The molecule has 0 radical (unpaired) electrons. The zero-order chi connectivity index (χ0) is 11.4. The smallest absolute Gasteiger partial charge is 0.405 e. The van der Waals surface area contributed by atoms with Gasteiger partial charge in [-0.2, -0.15) is 0 Å². The maximum absolute atomic E-state index is 11.1. The molecule has 0 saturated heterocycles. The number of halogens is 1. The molecular weight excluding hydrogens is 288 g/mol. The number of methoxy groups -OCH3 is 1. The van der Waals surface area contributed by atoms with Crippen molar-refractivity contribution in [2.75, 3.05) is 7.11 Å². The van der Waals surface area contributed by atoms with Gasteiger partial charge in [0.05, 0.1) is 13.7 Å². The van der Waals surface area contributed by atoms with Crippen molar-refractivity contribution in [2.24, 2.45) is 0 Å². The van der Waals surface area contributed by atoms with E-state index in [0.29, 0.717) is 8.79 Å². The van der Waals surface area contributed by atoms with Gasteiger partial charge in [-0.25, -0.2) is 14.6 Å². The van der Waals surface area contributed by atoms with Crippen LogP contribution in [0.25, 0.3) is 0 Å². The van der Waals surface area contributed by atoms with Crippen LogP contribution in [0.1, 0.15) is 15.5 Å². The molecule has 1 heterocycles. The number of carbonyl (C=O) groups excluding carboxylic acids is 1. The van der Waals surface area contributed by atoms with E-state index >= 15 is 0 Å². The first-order valence-corrected chi connectivity index (χ1v) is 5.36.